The first kappa shape index (κ1) is 20.4. The molecule has 6 nitrogen and oxygen atoms in total. The number of likely N-dealkylation sites (tertiary alicyclic amines) is 1. The second kappa shape index (κ2) is 10.3. The van der Waals surface area contributed by atoms with Crippen LogP contribution in [0.25, 0.3) is 11.0 Å². The zero-order valence-corrected chi connectivity index (χ0v) is 17.3. The maximum Gasteiger partial charge on any atom is 0.323 e. The van der Waals surface area contributed by atoms with Crippen LogP contribution in [0.15, 0.2) is 54.9 Å². The van der Waals surface area contributed by atoms with Crippen molar-refractivity contribution in [2.24, 2.45) is 0 Å². The molecule has 1 saturated heterocycles. The average molecular weight is 407 g/mol. The van der Waals surface area contributed by atoms with Crippen molar-refractivity contribution in [1.29, 1.82) is 0 Å². The van der Waals surface area contributed by atoms with Crippen molar-refractivity contribution < 1.29 is 9.53 Å². The molecule has 1 aromatic heterocycles. The summed E-state index contributed by atoms with van der Waals surface area (Å²) in [6, 6.07) is 16.3. The highest BCUT2D eigenvalue weighted by Crippen LogP contribution is 2.20. The fourth-order valence-electron chi connectivity index (χ4n) is 4.03. The summed E-state index contributed by atoms with van der Waals surface area (Å²) in [6.45, 7) is 2.04. The first-order chi connectivity index (χ1) is 14.8. The highest BCUT2D eigenvalue weighted by Gasteiger charge is 2.29. The number of aryl methyl sites for hydroxylation is 1. The zero-order chi connectivity index (χ0) is 20.6. The maximum atomic E-state index is 12.7. The Morgan fingerprint density at radius 3 is 2.97 bits per heavy atom. The summed E-state index contributed by atoms with van der Waals surface area (Å²) in [7, 11) is 0. The molecule has 0 bridgehead atoms. The summed E-state index contributed by atoms with van der Waals surface area (Å²) >= 11 is 0. The number of imidazole rings is 1. The Labute approximate surface area is 177 Å². The minimum Gasteiger partial charge on any atom is -0.465 e. The molecular weight excluding hydrogens is 376 g/mol. The van der Waals surface area contributed by atoms with Gasteiger partial charge in [0.05, 0.1) is 30.6 Å². The van der Waals surface area contributed by atoms with E-state index < -0.39 is 0 Å². The van der Waals surface area contributed by atoms with Gasteiger partial charge in [-0.3, -0.25) is 9.69 Å². The van der Waals surface area contributed by atoms with Crippen LogP contribution in [0.4, 0.5) is 5.69 Å². The summed E-state index contributed by atoms with van der Waals surface area (Å²) in [5, 5.41) is 3.45. The third-order valence-electron chi connectivity index (χ3n) is 5.74. The molecule has 0 saturated carbocycles. The molecule has 0 radical (unpaired) electrons. The van der Waals surface area contributed by atoms with Crippen molar-refractivity contribution >= 4 is 22.7 Å². The predicted molar refractivity (Wildman–Crippen MR) is 119 cm³/mol. The minimum absolute atomic E-state index is 0.0831. The lowest BCUT2D eigenvalue weighted by Gasteiger charge is -2.34. The number of benzene rings is 2. The van der Waals surface area contributed by atoms with Gasteiger partial charge in [0, 0.05) is 12.2 Å². The molecular formula is C24H30N4O2. The number of ether oxygens (including phenoxy) is 1. The minimum atomic E-state index is -0.156. The van der Waals surface area contributed by atoms with E-state index >= 15 is 0 Å². The number of rotatable bonds is 9. The first-order valence-electron chi connectivity index (χ1n) is 10.9. The molecule has 2 heterocycles. The number of aromatic nitrogens is 2. The highest BCUT2D eigenvalue weighted by atomic mass is 16.5. The molecule has 2 N–H and O–H groups in total. The largest absolute Gasteiger partial charge is 0.465 e. The fourth-order valence-corrected chi connectivity index (χ4v) is 4.03. The molecule has 6 heteroatoms. The van der Waals surface area contributed by atoms with E-state index in [-0.39, 0.29) is 12.0 Å². The van der Waals surface area contributed by atoms with Gasteiger partial charge in [0.2, 0.25) is 0 Å². The number of carbonyl (C=O) groups is 1. The molecule has 4 rings (SSSR count). The molecule has 0 aliphatic carbocycles. The van der Waals surface area contributed by atoms with Crippen LogP contribution < -0.4 is 5.32 Å². The number of fused-ring (bicyclic) bond motifs is 1. The van der Waals surface area contributed by atoms with Gasteiger partial charge < -0.3 is 15.0 Å². The third-order valence-corrected chi connectivity index (χ3v) is 5.74. The van der Waals surface area contributed by atoms with Gasteiger partial charge in [-0.15, -0.1) is 0 Å². The van der Waals surface area contributed by atoms with Gasteiger partial charge in [-0.2, -0.15) is 0 Å². The third kappa shape index (κ3) is 5.39. The van der Waals surface area contributed by atoms with Crippen molar-refractivity contribution in [3.63, 3.8) is 0 Å². The number of anilines is 1. The normalized spacial score (nSPS) is 17.1. The van der Waals surface area contributed by atoms with Crippen LogP contribution in [0.1, 0.15) is 37.7 Å². The van der Waals surface area contributed by atoms with Gasteiger partial charge in [-0.1, -0.05) is 36.8 Å². The number of aromatic amines is 1. The van der Waals surface area contributed by atoms with E-state index in [1.54, 1.807) is 6.33 Å². The molecule has 0 amide bonds. The van der Waals surface area contributed by atoms with E-state index in [1.807, 2.05) is 24.3 Å². The average Bonchev–Trinajstić information content (AvgIpc) is 3.26. The second-order valence-electron chi connectivity index (χ2n) is 7.90. The van der Waals surface area contributed by atoms with Crippen molar-refractivity contribution in [3.8, 4) is 0 Å². The Morgan fingerprint density at radius 1 is 1.17 bits per heavy atom. The molecule has 1 aliphatic heterocycles. The Morgan fingerprint density at radius 2 is 2.07 bits per heavy atom. The summed E-state index contributed by atoms with van der Waals surface area (Å²) in [6.07, 6.45) is 7.71. The van der Waals surface area contributed by atoms with Crippen LogP contribution in [-0.4, -0.2) is 46.7 Å². The lowest BCUT2D eigenvalue weighted by molar-refractivity contribution is -0.151. The second-order valence-corrected chi connectivity index (χ2v) is 7.90. The Kier molecular flexibility index (Phi) is 6.98. The summed E-state index contributed by atoms with van der Waals surface area (Å²) < 4.78 is 5.63. The maximum absolute atomic E-state index is 12.7. The van der Waals surface area contributed by atoms with Crippen LogP contribution in [0.2, 0.25) is 0 Å². The van der Waals surface area contributed by atoms with Gasteiger partial charge in [-0.05, 0) is 55.9 Å². The smallest absolute Gasteiger partial charge is 0.323 e. The standard InChI is InChI=1S/C24H30N4O2/c29-24(30-15-7-5-10-19-8-2-1-3-9-19)23-11-4-6-14-28(23)18-27-20-12-13-21-22(16-20)26-17-25-21/h1-3,8-9,12-13,16-17,23,27H,4-7,10-11,14-15,18H2,(H,25,26)/t23-/m0/s1. The Hall–Kier alpha value is -2.86. The topological polar surface area (TPSA) is 70.2 Å². The molecule has 1 fully saturated rings. The lowest BCUT2D eigenvalue weighted by atomic mass is 10.0. The fraction of sp³-hybridized carbons (Fsp3) is 0.417. The van der Waals surface area contributed by atoms with Crippen molar-refractivity contribution in [1.82, 2.24) is 14.9 Å². The number of esters is 1. The Balaban J connectivity index is 1.22. The molecule has 30 heavy (non-hydrogen) atoms. The number of nitrogens with one attached hydrogen (secondary N) is 2. The van der Waals surface area contributed by atoms with E-state index in [9.17, 15) is 4.79 Å². The molecule has 1 aliphatic rings. The van der Waals surface area contributed by atoms with E-state index in [2.05, 4.69) is 44.5 Å². The molecule has 0 unspecified atom stereocenters. The Bertz CT molecular complexity index is 941. The molecule has 3 aromatic rings. The van der Waals surface area contributed by atoms with E-state index in [0.29, 0.717) is 13.3 Å². The van der Waals surface area contributed by atoms with Crippen LogP contribution in [-0.2, 0) is 16.0 Å². The lowest BCUT2D eigenvalue weighted by Crippen LogP contribution is -2.47. The van der Waals surface area contributed by atoms with Gasteiger partial charge >= 0.3 is 5.97 Å². The van der Waals surface area contributed by atoms with E-state index in [4.69, 9.17) is 4.74 Å². The van der Waals surface area contributed by atoms with Gasteiger partial charge in [0.25, 0.3) is 0 Å². The van der Waals surface area contributed by atoms with Crippen LogP contribution in [0.5, 0.6) is 0 Å². The van der Waals surface area contributed by atoms with E-state index in [1.165, 1.54) is 5.56 Å². The molecule has 2 aromatic carbocycles. The van der Waals surface area contributed by atoms with Crippen molar-refractivity contribution in [3.05, 3.63) is 60.4 Å². The first-order valence-corrected chi connectivity index (χ1v) is 10.9. The van der Waals surface area contributed by atoms with Crippen LogP contribution in [0, 0.1) is 0 Å². The number of carbonyl (C=O) groups excluding carboxylic acids is 1. The number of piperidine rings is 1. The molecule has 158 valence electrons. The number of hydrogen-bond donors (Lipinski definition) is 2. The molecule has 1 atom stereocenters. The van der Waals surface area contributed by atoms with Crippen LogP contribution in [0.3, 0.4) is 0 Å². The van der Waals surface area contributed by atoms with Gasteiger partial charge in [0.15, 0.2) is 0 Å². The number of H-pyrrole nitrogens is 1. The summed E-state index contributed by atoms with van der Waals surface area (Å²) in [5.74, 6) is -0.0831. The van der Waals surface area contributed by atoms with E-state index in [0.717, 1.165) is 61.8 Å². The summed E-state index contributed by atoms with van der Waals surface area (Å²) in [4.78, 5) is 22.3. The monoisotopic (exact) mass is 406 g/mol. The summed E-state index contributed by atoms with van der Waals surface area (Å²) in [5.41, 5.74) is 4.31. The number of unbranched alkanes of at least 4 members (excludes halogenated alkanes) is 1. The van der Waals surface area contributed by atoms with Gasteiger partial charge in [-0.25, -0.2) is 4.98 Å². The van der Waals surface area contributed by atoms with Crippen LogP contribution >= 0.6 is 0 Å². The number of nitrogens with zero attached hydrogens (tertiary/aromatic N) is 2. The molecule has 0 spiro atoms. The predicted octanol–water partition coefficient (Wildman–Crippen LogP) is 4.35. The zero-order valence-electron chi connectivity index (χ0n) is 17.3. The van der Waals surface area contributed by atoms with Gasteiger partial charge in [0.1, 0.15) is 6.04 Å². The highest BCUT2D eigenvalue weighted by molar-refractivity contribution is 5.79. The number of hydrogen-bond acceptors (Lipinski definition) is 5. The van der Waals surface area contributed by atoms with Crippen molar-refractivity contribution in [2.75, 3.05) is 25.1 Å². The SMILES string of the molecule is O=C(OCCCCc1ccccc1)[C@@H]1CCCCN1CNc1ccc2nc[nH]c2c1. The van der Waals surface area contributed by atoms with Crippen molar-refractivity contribution in [2.45, 2.75) is 44.6 Å². The quantitative estimate of drug-likeness (QED) is 0.408.